The lowest BCUT2D eigenvalue weighted by Gasteiger charge is -2.15. The number of carbonyl (C=O) groups is 2. The van der Waals surface area contributed by atoms with Crippen LogP contribution < -0.4 is 15.8 Å². The second-order valence-corrected chi connectivity index (χ2v) is 7.23. The van der Waals surface area contributed by atoms with E-state index in [0.29, 0.717) is 23.6 Å². The van der Waals surface area contributed by atoms with Crippen molar-refractivity contribution in [1.82, 2.24) is 10.2 Å². The zero-order chi connectivity index (χ0) is 20.1. The van der Waals surface area contributed by atoms with Crippen LogP contribution in [0.5, 0.6) is 11.5 Å². The van der Waals surface area contributed by atoms with E-state index in [0.717, 1.165) is 30.8 Å². The van der Waals surface area contributed by atoms with Crippen molar-refractivity contribution in [2.75, 3.05) is 26.2 Å². The summed E-state index contributed by atoms with van der Waals surface area (Å²) in [4.78, 5) is 26.7. The molecule has 2 aromatic rings. The van der Waals surface area contributed by atoms with Crippen LogP contribution in [0.2, 0.25) is 0 Å². The zero-order valence-electron chi connectivity index (χ0n) is 16.5. The summed E-state index contributed by atoms with van der Waals surface area (Å²) in [5, 5.41) is 2.90. The Morgan fingerprint density at radius 1 is 1.07 bits per heavy atom. The minimum atomic E-state index is -0.634. The first kappa shape index (κ1) is 19.9. The van der Waals surface area contributed by atoms with E-state index in [4.69, 9.17) is 10.5 Å². The average Bonchev–Trinajstić information content (AvgIpc) is 3.18. The van der Waals surface area contributed by atoms with Crippen LogP contribution in [0.1, 0.15) is 44.7 Å². The summed E-state index contributed by atoms with van der Waals surface area (Å²) in [7, 11) is 0. The van der Waals surface area contributed by atoms with E-state index in [2.05, 4.69) is 10.2 Å². The smallest absolute Gasteiger partial charge is 0.252 e. The predicted molar refractivity (Wildman–Crippen MR) is 109 cm³/mol. The Morgan fingerprint density at radius 2 is 1.82 bits per heavy atom. The van der Waals surface area contributed by atoms with Gasteiger partial charge in [-0.25, -0.2) is 0 Å². The van der Waals surface area contributed by atoms with Gasteiger partial charge in [0.05, 0.1) is 5.56 Å². The Hall–Kier alpha value is -2.86. The van der Waals surface area contributed by atoms with Crippen LogP contribution >= 0.6 is 0 Å². The molecule has 1 heterocycles. The molecule has 6 heteroatoms. The van der Waals surface area contributed by atoms with Crippen molar-refractivity contribution in [2.24, 2.45) is 5.73 Å². The highest BCUT2D eigenvalue weighted by Gasteiger charge is 2.16. The molecule has 148 valence electrons. The number of nitrogens with one attached hydrogen (secondary N) is 1. The molecule has 0 unspecified atom stereocenters. The minimum Gasteiger partial charge on any atom is -0.457 e. The topological polar surface area (TPSA) is 84.7 Å². The molecule has 3 rings (SSSR count). The summed E-state index contributed by atoms with van der Waals surface area (Å²) in [6, 6.07) is 10.4. The van der Waals surface area contributed by atoms with E-state index >= 15 is 0 Å². The van der Waals surface area contributed by atoms with Crippen LogP contribution in [0.3, 0.4) is 0 Å². The van der Waals surface area contributed by atoms with Gasteiger partial charge < -0.3 is 20.7 Å². The van der Waals surface area contributed by atoms with Gasteiger partial charge in [-0.05, 0) is 81.2 Å². The Kier molecular flexibility index (Phi) is 6.31. The number of nitrogens with zero attached hydrogens (tertiary/aromatic N) is 1. The van der Waals surface area contributed by atoms with Crippen molar-refractivity contribution >= 4 is 11.8 Å². The van der Waals surface area contributed by atoms with Gasteiger partial charge in [-0.15, -0.1) is 0 Å². The van der Waals surface area contributed by atoms with Gasteiger partial charge in [0.2, 0.25) is 0 Å². The molecule has 0 bridgehead atoms. The van der Waals surface area contributed by atoms with Gasteiger partial charge >= 0.3 is 0 Å². The fourth-order valence-corrected chi connectivity index (χ4v) is 3.29. The summed E-state index contributed by atoms with van der Waals surface area (Å²) in [6.07, 6.45) is 2.44. The summed E-state index contributed by atoms with van der Waals surface area (Å²) < 4.78 is 5.85. The molecule has 1 saturated heterocycles. The van der Waals surface area contributed by atoms with Gasteiger partial charge in [0.15, 0.2) is 0 Å². The summed E-state index contributed by atoms with van der Waals surface area (Å²) in [6.45, 7) is 7.60. The first-order valence-electron chi connectivity index (χ1n) is 9.63. The monoisotopic (exact) mass is 381 g/mol. The number of carbonyl (C=O) groups excluding carboxylic acids is 2. The van der Waals surface area contributed by atoms with Crippen molar-refractivity contribution in [3.05, 3.63) is 58.7 Å². The summed E-state index contributed by atoms with van der Waals surface area (Å²) in [5.41, 5.74) is 8.34. The third-order valence-electron chi connectivity index (χ3n) is 5.13. The van der Waals surface area contributed by atoms with Crippen molar-refractivity contribution in [3.63, 3.8) is 0 Å². The Balaban J connectivity index is 1.70. The van der Waals surface area contributed by atoms with Crippen LogP contribution in [0.15, 0.2) is 36.4 Å². The minimum absolute atomic E-state index is 0.186. The number of likely N-dealkylation sites (tertiary alicyclic amines) is 1. The first-order valence-corrected chi connectivity index (χ1v) is 9.63. The van der Waals surface area contributed by atoms with Gasteiger partial charge in [-0.3, -0.25) is 9.59 Å². The van der Waals surface area contributed by atoms with Crippen LogP contribution in [0.4, 0.5) is 0 Å². The van der Waals surface area contributed by atoms with Crippen molar-refractivity contribution in [1.29, 1.82) is 0 Å². The van der Waals surface area contributed by atoms with Crippen molar-refractivity contribution in [3.8, 4) is 11.5 Å². The molecule has 0 aliphatic carbocycles. The standard InChI is InChI=1S/C22H27N3O3/c1-15-5-7-18(13-16(15)2)28-20-8-6-17(14-19(20)21(23)26)22(27)24-9-12-25-10-3-4-11-25/h5-8,13-14H,3-4,9-12H2,1-2H3,(H2,23,26)(H,24,27). The molecule has 2 aromatic carbocycles. The average molecular weight is 381 g/mol. The normalized spacial score (nSPS) is 14.1. The van der Waals surface area contributed by atoms with Gasteiger partial charge in [0.25, 0.3) is 11.8 Å². The molecule has 2 amide bonds. The van der Waals surface area contributed by atoms with Crippen molar-refractivity contribution in [2.45, 2.75) is 26.7 Å². The Labute approximate surface area is 165 Å². The molecule has 1 fully saturated rings. The highest BCUT2D eigenvalue weighted by Crippen LogP contribution is 2.27. The van der Waals surface area contributed by atoms with Crippen LogP contribution in [-0.4, -0.2) is 42.9 Å². The molecule has 0 spiro atoms. The molecule has 0 atom stereocenters. The lowest BCUT2D eigenvalue weighted by molar-refractivity contribution is 0.0949. The third kappa shape index (κ3) is 4.89. The maximum absolute atomic E-state index is 12.4. The van der Waals surface area contributed by atoms with Crippen LogP contribution in [0, 0.1) is 13.8 Å². The molecule has 1 aliphatic rings. The van der Waals surface area contributed by atoms with E-state index < -0.39 is 5.91 Å². The molecule has 6 nitrogen and oxygen atoms in total. The van der Waals surface area contributed by atoms with Gasteiger partial charge in [-0.2, -0.15) is 0 Å². The Morgan fingerprint density at radius 3 is 2.50 bits per heavy atom. The quantitative estimate of drug-likeness (QED) is 0.772. The van der Waals surface area contributed by atoms with Gasteiger partial charge in [0, 0.05) is 18.7 Å². The van der Waals surface area contributed by atoms with Crippen molar-refractivity contribution < 1.29 is 14.3 Å². The fourth-order valence-electron chi connectivity index (χ4n) is 3.29. The molecule has 0 radical (unpaired) electrons. The number of hydrogen-bond acceptors (Lipinski definition) is 4. The molecular formula is C22H27N3O3. The number of primary amides is 1. The number of amides is 2. The second kappa shape index (κ2) is 8.89. The molecule has 0 aromatic heterocycles. The number of ether oxygens (including phenoxy) is 1. The molecule has 1 aliphatic heterocycles. The van der Waals surface area contributed by atoms with E-state index in [1.54, 1.807) is 12.1 Å². The van der Waals surface area contributed by atoms with E-state index in [1.807, 2.05) is 32.0 Å². The highest BCUT2D eigenvalue weighted by atomic mass is 16.5. The molecule has 3 N–H and O–H groups in total. The van der Waals surface area contributed by atoms with Crippen LogP contribution in [0.25, 0.3) is 0 Å². The SMILES string of the molecule is Cc1ccc(Oc2ccc(C(=O)NCCN3CCCC3)cc2C(N)=O)cc1C. The maximum atomic E-state index is 12.4. The second-order valence-electron chi connectivity index (χ2n) is 7.23. The number of aryl methyl sites for hydroxylation is 2. The number of rotatable bonds is 7. The van der Waals surface area contributed by atoms with E-state index in [-0.39, 0.29) is 11.5 Å². The zero-order valence-corrected chi connectivity index (χ0v) is 16.5. The van der Waals surface area contributed by atoms with Gasteiger partial charge in [-0.1, -0.05) is 6.07 Å². The molecule has 0 saturated carbocycles. The lowest BCUT2D eigenvalue weighted by Crippen LogP contribution is -2.33. The Bertz CT molecular complexity index is 873. The number of hydrogen-bond donors (Lipinski definition) is 2. The first-order chi connectivity index (χ1) is 13.4. The van der Waals surface area contributed by atoms with E-state index in [9.17, 15) is 9.59 Å². The molecular weight excluding hydrogens is 354 g/mol. The lowest BCUT2D eigenvalue weighted by atomic mass is 10.1. The highest BCUT2D eigenvalue weighted by molar-refractivity contribution is 6.00. The van der Waals surface area contributed by atoms with Gasteiger partial charge in [0.1, 0.15) is 11.5 Å². The largest absolute Gasteiger partial charge is 0.457 e. The molecule has 28 heavy (non-hydrogen) atoms. The fraction of sp³-hybridized carbons (Fsp3) is 0.364. The maximum Gasteiger partial charge on any atom is 0.252 e. The number of benzene rings is 2. The summed E-state index contributed by atoms with van der Waals surface area (Å²) in [5.74, 6) is 0.0998. The predicted octanol–water partition coefficient (Wildman–Crippen LogP) is 3.02. The number of nitrogens with two attached hydrogens (primary N) is 1. The van der Waals surface area contributed by atoms with E-state index in [1.165, 1.54) is 18.9 Å². The summed E-state index contributed by atoms with van der Waals surface area (Å²) >= 11 is 0. The third-order valence-corrected chi connectivity index (χ3v) is 5.13. The van der Waals surface area contributed by atoms with Crippen LogP contribution in [-0.2, 0) is 0 Å².